The number of rotatable bonds is 6. The van der Waals surface area contributed by atoms with Crippen molar-refractivity contribution in [2.75, 3.05) is 19.7 Å². The van der Waals surface area contributed by atoms with E-state index in [9.17, 15) is 9.18 Å². The number of aliphatic carboxylic acids is 1. The Labute approximate surface area is 112 Å². The van der Waals surface area contributed by atoms with Crippen LogP contribution >= 0.6 is 0 Å². The second-order valence-corrected chi connectivity index (χ2v) is 5.26. The summed E-state index contributed by atoms with van der Waals surface area (Å²) in [6, 6.07) is 6.16. The number of carboxylic acid groups (broad SMARTS) is 1. The molecule has 0 atom stereocenters. The number of ether oxygens (including phenoxy) is 1. The van der Waals surface area contributed by atoms with Crippen molar-refractivity contribution < 1.29 is 19.0 Å². The van der Waals surface area contributed by atoms with E-state index in [0.717, 1.165) is 0 Å². The van der Waals surface area contributed by atoms with Gasteiger partial charge in [-0.05, 0) is 32.9 Å². The van der Waals surface area contributed by atoms with Gasteiger partial charge in [-0.1, -0.05) is 12.1 Å². The Morgan fingerprint density at radius 3 is 2.53 bits per heavy atom. The number of hydrogen-bond acceptors (Lipinski definition) is 3. The molecule has 0 bridgehead atoms. The fraction of sp³-hybridized carbons (Fsp3) is 0.500. The first-order valence-electron chi connectivity index (χ1n) is 6.15. The molecule has 1 aromatic carbocycles. The molecule has 0 aliphatic carbocycles. The largest absolute Gasteiger partial charge is 0.489 e. The molecular weight excluding hydrogens is 249 g/mol. The minimum atomic E-state index is -0.888. The van der Waals surface area contributed by atoms with E-state index in [2.05, 4.69) is 0 Å². The third-order valence-corrected chi connectivity index (χ3v) is 2.73. The van der Waals surface area contributed by atoms with Gasteiger partial charge >= 0.3 is 5.97 Å². The maximum absolute atomic E-state index is 13.3. The van der Waals surface area contributed by atoms with Crippen LogP contribution in [-0.2, 0) is 4.79 Å². The summed E-state index contributed by atoms with van der Waals surface area (Å²) in [5.41, 5.74) is -0.281. The van der Waals surface area contributed by atoms with Crippen LogP contribution < -0.4 is 4.74 Å². The summed E-state index contributed by atoms with van der Waals surface area (Å²) in [4.78, 5) is 12.6. The Hall–Kier alpha value is -1.62. The molecular formula is C14H20FNO3. The summed E-state index contributed by atoms with van der Waals surface area (Å²) in [6.45, 7) is 6.39. The smallest absolute Gasteiger partial charge is 0.317 e. The minimum Gasteiger partial charge on any atom is -0.489 e. The van der Waals surface area contributed by atoms with E-state index in [1.54, 1.807) is 23.1 Å². The second kappa shape index (κ2) is 6.52. The number of hydrogen-bond donors (Lipinski definition) is 1. The molecule has 0 saturated carbocycles. The lowest BCUT2D eigenvalue weighted by Gasteiger charge is -2.34. The van der Waals surface area contributed by atoms with Gasteiger partial charge in [0.25, 0.3) is 0 Å². The number of carbonyl (C=O) groups is 1. The van der Waals surface area contributed by atoms with E-state index in [1.807, 2.05) is 20.8 Å². The van der Waals surface area contributed by atoms with Crippen LogP contribution in [0.2, 0.25) is 0 Å². The first-order chi connectivity index (χ1) is 8.80. The van der Waals surface area contributed by atoms with Crippen molar-refractivity contribution in [3.8, 4) is 5.75 Å². The van der Waals surface area contributed by atoms with Crippen LogP contribution in [0.5, 0.6) is 5.75 Å². The molecule has 0 spiro atoms. The predicted molar refractivity (Wildman–Crippen MR) is 70.9 cm³/mol. The highest BCUT2D eigenvalue weighted by Crippen LogP contribution is 2.16. The van der Waals surface area contributed by atoms with Gasteiger partial charge in [-0.15, -0.1) is 0 Å². The van der Waals surface area contributed by atoms with Gasteiger partial charge in [0, 0.05) is 12.1 Å². The Morgan fingerprint density at radius 2 is 2.00 bits per heavy atom. The van der Waals surface area contributed by atoms with Gasteiger partial charge in [-0.3, -0.25) is 9.69 Å². The molecule has 1 aromatic rings. The van der Waals surface area contributed by atoms with Gasteiger partial charge < -0.3 is 9.84 Å². The molecule has 0 aliphatic heterocycles. The molecule has 19 heavy (non-hydrogen) atoms. The quantitative estimate of drug-likeness (QED) is 0.861. The second-order valence-electron chi connectivity index (χ2n) is 5.26. The van der Waals surface area contributed by atoms with Crippen molar-refractivity contribution in [3.05, 3.63) is 30.1 Å². The first kappa shape index (κ1) is 15.4. The minimum absolute atomic E-state index is 0.0653. The summed E-state index contributed by atoms with van der Waals surface area (Å²) in [6.07, 6.45) is 0. The lowest BCUT2D eigenvalue weighted by molar-refractivity contribution is -0.139. The van der Waals surface area contributed by atoms with Crippen molar-refractivity contribution in [2.24, 2.45) is 0 Å². The zero-order valence-corrected chi connectivity index (χ0v) is 11.5. The molecule has 0 heterocycles. The highest BCUT2D eigenvalue weighted by molar-refractivity contribution is 5.69. The summed E-state index contributed by atoms with van der Waals surface area (Å²) >= 11 is 0. The fourth-order valence-corrected chi connectivity index (χ4v) is 1.64. The zero-order valence-electron chi connectivity index (χ0n) is 11.5. The molecule has 0 saturated heterocycles. The normalized spacial score (nSPS) is 11.6. The lowest BCUT2D eigenvalue weighted by atomic mass is 10.1. The number of halogens is 1. The molecule has 0 aromatic heterocycles. The van der Waals surface area contributed by atoms with Crippen molar-refractivity contribution in [3.63, 3.8) is 0 Å². The fourth-order valence-electron chi connectivity index (χ4n) is 1.64. The Morgan fingerprint density at radius 1 is 1.37 bits per heavy atom. The van der Waals surface area contributed by atoms with Gasteiger partial charge in [0.05, 0.1) is 6.54 Å². The van der Waals surface area contributed by atoms with Crippen LogP contribution in [0.25, 0.3) is 0 Å². The van der Waals surface area contributed by atoms with Crippen LogP contribution in [0.3, 0.4) is 0 Å². The van der Waals surface area contributed by atoms with Gasteiger partial charge in [0.2, 0.25) is 0 Å². The van der Waals surface area contributed by atoms with Gasteiger partial charge in [-0.25, -0.2) is 4.39 Å². The van der Waals surface area contributed by atoms with Crippen LogP contribution in [0.4, 0.5) is 4.39 Å². The highest BCUT2D eigenvalue weighted by Gasteiger charge is 2.23. The zero-order chi connectivity index (χ0) is 14.5. The van der Waals surface area contributed by atoms with E-state index in [1.165, 1.54) is 6.07 Å². The Bertz CT molecular complexity index is 429. The average Bonchev–Trinajstić information content (AvgIpc) is 2.28. The predicted octanol–water partition coefficient (Wildman–Crippen LogP) is 2.39. The van der Waals surface area contributed by atoms with E-state index in [4.69, 9.17) is 9.84 Å². The molecule has 0 amide bonds. The lowest BCUT2D eigenvalue weighted by Crippen LogP contribution is -2.46. The third kappa shape index (κ3) is 5.26. The Balaban J connectivity index is 2.53. The van der Waals surface area contributed by atoms with Gasteiger partial charge in [0.15, 0.2) is 11.6 Å². The molecule has 4 nitrogen and oxygen atoms in total. The average molecular weight is 269 g/mol. The van der Waals surface area contributed by atoms with Crippen molar-refractivity contribution in [2.45, 2.75) is 26.3 Å². The number of benzene rings is 1. The third-order valence-electron chi connectivity index (χ3n) is 2.73. The Kier molecular flexibility index (Phi) is 5.30. The van der Waals surface area contributed by atoms with E-state index >= 15 is 0 Å². The monoisotopic (exact) mass is 269 g/mol. The summed E-state index contributed by atoms with van der Waals surface area (Å²) < 4.78 is 18.7. The maximum Gasteiger partial charge on any atom is 0.317 e. The van der Waals surface area contributed by atoms with E-state index < -0.39 is 11.8 Å². The molecule has 0 fully saturated rings. The van der Waals surface area contributed by atoms with Crippen molar-refractivity contribution in [1.29, 1.82) is 0 Å². The summed E-state index contributed by atoms with van der Waals surface area (Å²) in [7, 11) is 0. The van der Waals surface area contributed by atoms with Crippen LogP contribution in [0.1, 0.15) is 20.8 Å². The van der Waals surface area contributed by atoms with Gasteiger partial charge in [-0.2, -0.15) is 0 Å². The van der Waals surface area contributed by atoms with Crippen molar-refractivity contribution in [1.82, 2.24) is 4.90 Å². The molecule has 0 unspecified atom stereocenters. The van der Waals surface area contributed by atoms with Gasteiger partial charge in [0.1, 0.15) is 6.61 Å². The molecule has 0 radical (unpaired) electrons. The molecule has 1 N–H and O–H groups in total. The van der Waals surface area contributed by atoms with Crippen LogP contribution in [0.15, 0.2) is 24.3 Å². The summed E-state index contributed by atoms with van der Waals surface area (Å²) in [5.74, 6) is -1.12. The molecule has 5 heteroatoms. The van der Waals surface area contributed by atoms with Crippen LogP contribution in [0, 0.1) is 5.82 Å². The van der Waals surface area contributed by atoms with E-state index in [0.29, 0.717) is 6.54 Å². The van der Waals surface area contributed by atoms with Crippen molar-refractivity contribution >= 4 is 5.97 Å². The van der Waals surface area contributed by atoms with E-state index in [-0.39, 0.29) is 24.4 Å². The molecule has 106 valence electrons. The maximum atomic E-state index is 13.3. The standard InChI is InChI=1S/C14H20FNO3/c1-14(2,3)16(10-13(17)18)8-9-19-12-7-5-4-6-11(12)15/h4-7H,8-10H2,1-3H3,(H,17,18). The number of para-hydroxylation sites is 1. The SMILES string of the molecule is CC(C)(C)N(CCOc1ccccc1F)CC(=O)O. The molecule has 1 rings (SSSR count). The topological polar surface area (TPSA) is 49.8 Å². The first-order valence-corrected chi connectivity index (χ1v) is 6.15. The number of carboxylic acids is 1. The highest BCUT2D eigenvalue weighted by atomic mass is 19.1. The summed E-state index contributed by atoms with van der Waals surface area (Å²) in [5, 5.41) is 8.87. The number of nitrogens with zero attached hydrogens (tertiary/aromatic N) is 1. The molecule has 0 aliphatic rings. The van der Waals surface area contributed by atoms with Crippen LogP contribution in [-0.4, -0.2) is 41.2 Å².